The number of carbonyl (C=O) groups excluding carboxylic acids is 3. The highest BCUT2D eigenvalue weighted by Crippen LogP contribution is 2.36. The van der Waals surface area contributed by atoms with E-state index in [1.165, 1.54) is 0 Å². The predicted molar refractivity (Wildman–Crippen MR) is 156 cm³/mol. The zero-order valence-electron chi connectivity index (χ0n) is 22.5. The summed E-state index contributed by atoms with van der Waals surface area (Å²) < 4.78 is 17.7. The molecular formula is C31H33N3O5S. The third kappa shape index (κ3) is 6.32. The predicted octanol–water partition coefficient (Wildman–Crippen LogP) is 4.34. The molecule has 40 heavy (non-hydrogen) atoms. The van der Waals surface area contributed by atoms with Crippen LogP contribution in [-0.2, 0) is 20.3 Å². The quantitative estimate of drug-likeness (QED) is 0.485. The summed E-state index contributed by atoms with van der Waals surface area (Å²) in [7, 11) is -0.846. The lowest BCUT2D eigenvalue weighted by Gasteiger charge is -2.27. The van der Waals surface area contributed by atoms with Crippen molar-refractivity contribution in [2.75, 3.05) is 48.0 Å². The van der Waals surface area contributed by atoms with Crippen molar-refractivity contribution < 1.29 is 23.3 Å². The zero-order chi connectivity index (χ0) is 28.1. The molecule has 2 heterocycles. The minimum Gasteiger partial charge on any atom is -0.364 e. The van der Waals surface area contributed by atoms with E-state index in [1.807, 2.05) is 49.4 Å². The number of benzene rings is 3. The van der Waals surface area contributed by atoms with Crippen LogP contribution in [0, 0.1) is 6.92 Å². The van der Waals surface area contributed by atoms with Gasteiger partial charge in [0, 0.05) is 70.0 Å². The van der Waals surface area contributed by atoms with Crippen molar-refractivity contribution in [1.82, 2.24) is 4.90 Å². The number of hydrogen-bond donors (Lipinski definition) is 1. The number of aryl methyl sites for hydroxylation is 1. The summed E-state index contributed by atoms with van der Waals surface area (Å²) in [6.45, 7) is 3.35. The number of fused-ring (bicyclic) bond motifs is 1. The average Bonchev–Trinajstić information content (AvgIpc) is 3.16. The maximum atomic E-state index is 13.6. The van der Waals surface area contributed by atoms with Gasteiger partial charge in [-0.3, -0.25) is 18.6 Å². The summed E-state index contributed by atoms with van der Waals surface area (Å²) in [5.74, 6) is 0.589. The van der Waals surface area contributed by atoms with Gasteiger partial charge in [0.2, 0.25) is 5.91 Å². The molecule has 8 nitrogen and oxygen atoms in total. The Balaban J connectivity index is 1.26. The Morgan fingerprint density at radius 3 is 2.38 bits per heavy atom. The lowest BCUT2D eigenvalue weighted by Crippen LogP contribution is -2.43. The molecule has 5 rings (SSSR count). The second kappa shape index (κ2) is 12.6. The molecule has 3 amide bonds. The molecule has 208 valence electrons. The van der Waals surface area contributed by atoms with E-state index >= 15 is 0 Å². The van der Waals surface area contributed by atoms with Gasteiger partial charge in [0.05, 0.1) is 6.10 Å². The molecule has 1 atom stereocenters. The summed E-state index contributed by atoms with van der Waals surface area (Å²) in [6.07, 6.45) is 1.09. The van der Waals surface area contributed by atoms with Gasteiger partial charge in [0.1, 0.15) is 6.61 Å². The smallest absolute Gasteiger partial charge is 0.258 e. The maximum Gasteiger partial charge on any atom is 0.258 e. The summed E-state index contributed by atoms with van der Waals surface area (Å²) >= 11 is 0. The van der Waals surface area contributed by atoms with Gasteiger partial charge in [-0.25, -0.2) is 0 Å². The fourth-order valence-electron chi connectivity index (χ4n) is 5.13. The van der Waals surface area contributed by atoms with Crippen LogP contribution in [0.15, 0.2) is 72.8 Å². The fourth-order valence-corrected chi connectivity index (χ4v) is 6.18. The molecule has 0 bridgehead atoms. The van der Waals surface area contributed by atoms with Crippen molar-refractivity contribution in [1.29, 1.82) is 0 Å². The minimum absolute atomic E-state index is 0.0464. The van der Waals surface area contributed by atoms with Crippen LogP contribution in [0.1, 0.15) is 50.8 Å². The largest absolute Gasteiger partial charge is 0.364 e. The van der Waals surface area contributed by atoms with Crippen molar-refractivity contribution in [2.45, 2.75) is 25.9 Å². The standard InChI is InChI=1S/C31H33N3O5S/c1-22-7-2-3-8-25(22)30(36)32-24-14-12-23(13-15-24)31(37)34-16-6-11-28(26-9-4-5-10-27(26)34)39-21-29(35)33-17-19-40(38)20-18-33/h2-5,7-10,12-15,28H,6,11,16-21H2,1H3,(H,32,36). The Labute approximate surface area is 236 Å². The van der Waals surface area contributed by atoms with Gasteiger partial charge < -0.3 is 19.9 Å². The van der Waals surface area contributed by atoms with Crippen LogP contribution in [0.4, 0.5) is 11.4 Å². The van der Waals surface area contributed by atoms with Crippen molar-refractivity contribution in [3.05, 3.63) is 95.1 Å². The van der Waals surface area contributed by atoms with E-state index in [4.69, 9.17) is 4.74 Å². The molecule has 1 N–H and O–H groups in total. The number of carbonyl (C=O) groups is 3. The minimum atomic E-state index is -0.846. The van der Waals surface area contributed by atoms with Crippen molar-refractivity contribution in [3.63, 3.8) is 0 Å². The topological polar surface area (TPSA) is 96.0 Å². The molecule has 1 fully saturated rings. The van der Waals surface area contributed by atoms with Gasteiger partial charge in [-0.1, -0.05) is 36.4 Å². The van der Waals surface area contributed by atoms with E-state index in [-0.39, 0.29) is 30.4 Å². The van der Waals surface area contributed by atoms with Gasteiger partial charge in [-0.05, 0) is 61.7 Å². The van der Waals surface area contributed by atoms with Crippen LogP contribution in [-0.4, -0.2) is 64.6 Å². The summed E-state index contributed by atoms with van der Waals surface area (Å²) in [5, 5.41) is 2.90. The van der Waals surface area contributed by atoms with E-state index < -0.39 is 10.8 Å². The van der Waals surface area contributed by atoms with Gasteiger partial charge in [0.15, 0.2) is 0 Å². The van der Waals surface area contributed by atoms with E-state index in [2.05, 4.69) is 5.32 Å². The van der Waals surface area contributed by atoms with Crippen LogP contribution >= 0.6 is 0 Å². The zero-order valence-corrected chi connectivity index (χ0v) is 23.3. The number of nitrogens with one attached hydrogen (secondary N) is 1. The first-order valence-corrected chi connectivity index (χ1v) is 15.0. The van der Waals surface area contributed by atoms with Gasteiger partial charge in [-0.2, -0.15) is 0 Å². The third-order valence-corrected chi connectivity index (χ3v) is 8.66. The molecule has 1 saturated heterocycles. The second-order valence-corrected chi connectivity index (χ2v) is 11.7. The van der Waals surface area contributed by atoms with Gasteiger partial charge in [0.25, 0.3) is 11.8 Å². The molecule has 0 aromatic heterocycles. The normalized spacial score (nSPS) is 17.6. The summed E-state index contributed by atoms with van der Waals surface area (Å²) in [5.41, 5.74) is 4.27. The first kappa shape index (κ1) is 27.7. The molecule has 1 unspecified atom stereocenters. The molecule has 0 radical (unpaired) electrons. The highest BCUT2D eigenvalue weighted by molar-refractivity contribution is 7.85. The molecule has 0 saturated carbocycles. The van der Waals surface area contributed by atoms with E-state index in [0.717, 1.165) is 16.8 Å². The van der Waals surface area contributed by atoms with E-state index in [0.29, 0.717) is 60.8 Å². The molecule has 0 aliphatic carbocycles. The van der Waals surface area contributed by atoms with Crippen LogP contribution in [0.2, 0.25) is 0 Å². The van der Waals surface area contributed by atoms with Crippen molar-refractivity contribution in [3.8, 4) is 0 Å². The number of ether oxygens (including phenoxy) is 1. The van der Waals surface area contributed by atoms with Crippen LogP contribution in [0.3, 0.4) is 0 Å². The fraction of sp³-hybridized carbons (Fsp3) is 0.323. The SMILES string of the molecule is Cc1ccccc1C(=O)Nc1ccc(C(=O)N2CCCC(OCC(=O)N3CCS(=O)CC3)c3ccccc32)cc1. The number of anilines is 2. The Bertz CT molecular complexity index is 1410. The molecule has 3 aromatic carbocycles. The monoisotopic (exact) mass is 559 g/mol. The first-order chi connectivity index (χ1) is 19.4. The lowest BCUT2D eigenvalue weighted by atomic mass is 10.0. The maximum absolute atomic E-state index is 13.6. The molecule has 2 aliphatic rings. The summed E-state index contributed by atoms with van der Waals surface area (Å²) in [4.78, 5) is 42.5. The van der Waals surface area contributed by atoms with Crippen LogP contribution < -0.4 is 10.2 Å². The van der Waals surface area contributed by atoms with Crippen LogP contribution in [0.5, 0.6) is 0 Å². The average molecular weight is 560 g/mol. The lowest BCUT2D eigenvalue weighted by molar-refractivity contribution is -0.138. The number of hydrogen-bond acceptors (Lipinski definition) is 5. The Kier molecular flexibility index (Phi) is 8.72. The van der Waals surface area contributed by atoms with Crippen LogP contribution in [0.25, 0.3) is 0 Å². The molecule has 3 aromatic rings. The van der Waals surface area contributed by atoms with Crippen molar-refractivity contribution >= 4 is 39.9 Å². The Morgan fingerprint density at radius 1 is 0.925 bits per heavy atom. The number of nitrogens with zero attached hydrogens (tertiary/aromatic N) is 2. The van der Waals surface area contributed by atoms with E-state index in [1.54, 1.807) is 40.1 Å². The number of amides is 3. The molecular weight excluding hydrogens is 526 g/mol. The van der Waals surface area contributed by atoms with Gasteiger partial charge >= 0.3 is 0 Å². The highest BCUT2D eigenvalue weighted by Gasteiger charge is 2.29. The molecule has 9 heteroatoms. The summed E-state index contributed by atoms with van der Waals surface area (Å²) in [6, 6.07) is 22.0. The first-order valence-electron chi connectivity index (χ1n) is 13.5. The molecule has 2 aliphatic heterocycles. The second-order valence-electron chi connectivity index (χ2n) is 10.0. The highest BCUT2D eigenvalue weighted by atomic mass is 32.2. The van der Waals surface area contributed by atoms with Crippen molar-refractivity contribution in [2.24, 2.45) is 0 Å². The number of rotatable bonds is 6. The molecule has 0 spiro atoms. The Morgan fingerprint density at radius 2 is 1.62 bits per heavy atom. The number of para-hydroxylation sites is 1. The van der Waals surface area contributed by atoms with E-state index in [9.17, 15) is 18.6 Å². The Hall–Kier alpha value is -3.82. The van der Waals surface area contributed by atoms with Gasteiger partial charge in [-0.15, -0.1) is 0 Å². The third-order valence-electron chi connectivity index (χ3n) is 7.39.